The number of carbonyl (C=O) groups is 2. The Morgan fingerprint density at radius 3 is 2.68 bits per heavy atom. The fourth-order valence-corrected chi connectivity index (χ4v) is 1.39. The van der Waals surface area contributed by atoms with Crippen LogP contribution in [0.1, 0.15) is 15.9 Å². The van der Waals surface area contributed by atoms with E-state index >= 15 is 0 Å². The van der Waals surface area contributed by atoms with Crippen LogP contribution >= 0.6 is 0 Å². The summed E-state index contributed by atoms with van der Waals surface area (Å²) in [6, 6.07) is 2.35. The number of rotatable bonds is 6. The molecule has 0 saturated heterocycles. The number of carbonyl (C=O) groups excluding carboxylic acids is 2. The molecule has 0 unspecified atom stereocenters. The summed E-state index contributed by atoms with van der Waals surface area (Å²) < 4.78 is 18.5. The van der Waals surface area contributed by atoms with Gasteiger partial charge < -0.3 is 21.5 Å². The van der Waals surface area contributed by atoms with Gasteiger partial charge in [0.25, 0.3) is 0 Å². The van der Waals surface area contributed by atoms with Gasteiger partial charge in [-0.25, -0.2) is 4.39 Å². The molecule has 0 atom stereocenters. The smallest absolute Gasteiger partial charge is 0.250 e. The molecule has 0 spiro atoms. The Hall–Kier alpha value is -1.99. The molecule has 0 aliphatic carbocycles. The van der Waals surface area contributed by atoms with Gasteiger partial charge in [-0.3, -0.25) is 9.59 Å². The second kappa shape index (κ2) is 6.81. The van der Waals surface area contributed by atoms with Gasteiger partial charge in [0.05, 0.1) is 6.61 Å². The van der Waals surface area contributed by atoms with E-state index in [9.17, 15) is 14.0 Å². The number of anilines is 1. The molecule has 0 bridgehead atoms. The van der Waals surface area contributed by atoms with Crippen molar-refractivity contribution in [1.82, 2.24) is 0 Å². The van der Waals surface area contributed by atoms with Gasteiger partial charge in [-0.2, -0.15) is 0 Å². The van der Waals surface area contributed by atoms with Crippen LogP contribution in [0, 0.1) is 12.7 Å². The predicted molar refractivity (Wildman–Crippen MR) is 68.2 cm³/mol. The number of amides is 2. The first-order valence-corrected chi connectivity index (χ1v) is 5.63. The van der Waals surface area contributed by atoms with Crippen LogP contribution < -0.4 is 16.8 Å². The Bertz CT molecular complexity index is 491. The van der Waals surface area contributed by atoms with Crippen LogP contribution in [0.3, 0.4) is 0 Å². The third-order valence-electron chi connectivity index (χ3n) is 2.40. The summed E-state index contributed by atoms with van der Waals surface area (Å²) in [7, 11) is 0. The van der Waals surface area contributed by atoms with Crippen LogP contribution in [-0.2, 0) is 9.53 Å². The fourth-order valence-electron chi connectivity index (χ4n) is 1.39. The van der Waals surface area contributed by atoms with Gasteiger partial charge >= 0.3 is 0 Å². The molecule has 0 radical (unpaired) electrons. The maximum Gasteiger partial charge on any atom is 0.250 e. The lowest BCUT2D eigenvalue weighted by atomic mass is 10.1. The number of ether oxygens (including phenoxy) is 1. The summed E-state index contributed by atoms with van der Waals surface area (Å²) in [5, 5.41) is 2.45. The minimum atomic E-state index is -0.770. The van der Waals surface area contributed by atoms with E-state index in [4.69, 9.17) is 16.2 Å². The van der Waals surface area contributed by atoms with E-state index in [1.807, 2.05) is 0 Å². The van der Waals surface area contributed by atoms with Gasteiger partial charge in [0.2, 0.25) is 11.8 Å². The van der Waals surface area contributed by atoms with E-state index in [1.165, 1.54) is 13.0 Å². The van der Waals surface area contributed by atoms with Crippen molar-refractivity contribution in [3.05, 3.63) is 29.1 Å². The molecule has 0 heterocycles. The van der Waals surface area contributed by atoms with Gasteiger partial charge in [-0.05, 0) is 19.1 Å². The highest BCUT2D eigenvalue weighted by Crippen LogP contribution is 2.20. The molecular formula is C12H16FN3O3. The molecule has 5 N–H and O–H groups in total. The molecule has 104 valence electrons. The van der Waals surface area contributed by atoms with E-state index in [0.29, 0.717) is 6.54 Å². The van der Waals surface area contributed by atoms with Gasteiger partial charge in [0.1, 0.15) is 12.4 Å². The van der Waals surface area contributed by atoms with Crippen molar-refractivity contribution >= 4 is 17.5 Å². The van der Waals surface area contributed by atoms with Crippen molar-refractivity contribution in [3.8, 4) is 0 Å². The first-order valence-electron chi connectivity index (χ1n) is 5.63. The zero-order valence-electron chi connectivity index (χ0n) is 10.5. The number of halogens is 1. The van der Waals surface area contributed by atoms with E-state index in [0.717, 1.165) is 6.07 Å². The fraction of sp³-hybridized carbons (Fsp3) is 0.333. The standard InChI is InChI=1S/C12H16FN3O3/c1-7-9(13)4-8(12(15)18)5-10(7)16-11(17)6-19-3-2-14/h4-5H,2-3,6,14H2,1H3,(H2,15,18)(H,16,17). The van der Waals surface area contributed by atoms with E-state index in [1.54, 1.807) is 0 Å². The molecule has 0 fully saturated rings. The number of hydrogen-bond acceptors (Lipinski definition) is 4. The summed E-state index contributed by atoms with van der Waals surface area (Å²) in [6.45, 7) is 1.84. The molecule has 0 aliphatic rings. The normalized spacial score (nSPS) is 10.3. The van der Waals surface area contributed by atoms with Gasteiger partial charge in [-0.1, -0.05) is 0 Å². The first kappa shape index (κ1) is 15.1. The molecule has 1 aromatic rings. The summed E-state index contributed by atoms with van der Waals surface area (Å²) in [5.41, 5.74) is 10.7. The second-order valence-electron chi connectivity index (χ2n) is 3.88. The van der Waals surface area contributed by atoms with Crippen molar-refractivity contribution < 1.29 is 18.7 Å². The summed E-state index contributed by atoms with van der Waals surface area (Å²) in [6.07, 6.45) is 0. The minimum Gasteiger partial charge on any atom is -0.370 e. The summed E-state index contributed by atoms with van der Waals surface area (Å²) in [4.78, 5) is 22.5. The Morgan fingerprint density at radius 2 is 2.11 bits per heavy atom. The zero-order valence-corrected chi connectivity index (χ0v) is 10.5. The monoisotopic (exact) mass is 269 g/mol. The summed E-state index contributed by atoms with van der Waals surface area (Å²) in [5.74, 6) is -1.85. The van der Waals surface area contributed by atoms with Crippen molar-refractivity contribution in [2.75, 3.05) is 25.1 Å². The van der Waals surface area contributed by atoms with Crippen LogP contribution in [0.15, 0.2) is 12.1 Å². The molecule has 1 rings (SSSR count). The van der Waals surface area contributed by atoms with E-state index < -0.39 is 17.6 Å². The topological polar surface area (TPSA) is 107 Å². The van der Waals surface area contributed by atoms with Crippen molar-refractivity contribution in [2.24, 2.45) is 11.5 Å². The lowest BCUT2D eigenvalue weighted by molar-refractivity contribution is -0.120. The largest absolute Gasteiger partial charge is 0.370 e. The number of nitrogens with two attached hydrogens (primary N) is 2. The number of benzene rings is 1. The molecule has 6 nitrogen and oxygen atoms in total. The number of hydrogen-bond donors (Lipinski definition) is 3. The van der Waals surface area contributed by atoms with Gasteiger partial charge in [-0.15, -0.1) is 0 Å². The molecule has 7 heteroatoms. The average Bonchev–Trinajstić information content (AvgIpc) is 2.34. The number of nitrogens with one attached hydrogen (secondary N) is 1. The van der Waals surface area contributed by atoms with Gasteiger partial charge in [0, 0.05) is 23.4 Å². The molecule has 0 aromatic heterocycles. The Labute approximate surface area is 109 Å². The second-order valence-corrected chi connectivity index (χ2v) is 3.88. The number of primary amides is 1. The van der Waals surface area contributed by atoms with Crippen LogP contribution in [0.4, 0.5) is 10.1 Å². The van der Waals surface area contributed by atoms with Crippen molar-refractivity contribution in [1.29, 1.82) is 0 Å². The first-order chi connectivity index (χ1) is 8.95. The molecule has 1 aromatic carbocycles. The summed E-state index contributed by atoms with van der Waals surface area (Å²) >= 11 is 0. The molecule has 19 heavy (non-hydrogen) atoms. The van der Waals surface area contributed by atoms with Crippen LogP contribution in [0.25, 0.3) is 0 Å². The Balaban J connectivity index is 2.82. The molecule has 0 aliphatic heterocycles. The predicted octanol–water partition coefficient (Wildman–Crippen LogP) is 0.147. The molecular weight excluding hydrogens is 253 g/mol. The van der Waals surface area contributed by atoms with Crippen molar-refractivity contribution in [3.63, 3.8) is 0 Å². The van der Waals surface area contributed by atoms with Gasteiger partial charge in [0.15, 0.2) is 0 Å². The SMILES string of the molecule is Cc1c(F)cc(C(N)=O)cc1NC(=O)COCCN. The van der Waals surface area contributed by atoms with E-state index in [-0.39, 0.29) is 30.0 Å². The minimum absolute atomic E-state index is 0.0127. The highest BCUT2D eigenvalue weighted by atomic mass is 19.1. The third-order valence-corrected chi connectivity index (χ3v) is 2.40. The lowest BCUT2D eigenvalue weighted by Crippen LogP contribution is -2.22. The van der Waals surface area contributed by atoms with E-state index in [2.05, 4.69) is 5.32 Å². The van der Waals surface area contributed by atoms with Crippen LogP contribution in [-0.4, -0.2) is 31.6 Å². The maximum absolute atomic E-state index is 13.6. The molecule has 0 saturated carbocycles. The quantitative estimate of drug-likeness (QED) is 0.639. The van der Waals surface area contributed by atoms with Crippen LogP contribution in [0.2, 0.25) is 0 Å². The third kappa shape index (κ3) is 4.31. The maximum atomic E-state index is 13.6. The van der Waals surface area contributed by atoms with Crippen LogP contribution in [0.5, 0.6) is 0 Å². The zero-order chi connectivity index (χ0) is 14.4. The van der Waals surface area contributed by atoms with Crippen molar-refractivity contribution in [2.45, 2.75) is 6.92 Å². The highest BCUT2D eigenvalue weighted by Gasteiger charge is 2.12. The average molecular weight is 269 g/mol. The Morgan fingerprint density at radius 1 is 1.42 bits per heavy atom. The molecule has 2 amide bonds. The lowest BCUT2D eigenvalue weighted by Gasteiger charge is -2.10. The Kier molecular flexibility index (Phi) is 5.40. The highest BCUT2D eigenvalue weighted by molar-refractivity contribution is 5.97.